The Morgan fingerprint density at radius 1 is 1.19 bits per heavy atom. The zero-order chi connectivity index (χ0) is 19.0. The molecule has 3 aromatic rings. The van der Waals surface area contributed by atoms with Gasteiger partial charge < -0.3 is 4.57 Å². The molecule has 4 rings (SSSR count). The van der Waals surface area contributed by atoms with Gasteiger partial charge in [0, 0.05) is 35.9 Å². The van der Waals surface area contributed by atoms with Gasteiger partial charge in [0.25, 0.3) is 0 Å². The first kappa shape index (κ1) is 17.9. The van der Waals surface area contributed by atoms with E-state index in [1.54, 1.807) is 0 Å². The number of carbonyl (C=O) groups is 1. The predicted octanol–water partition coefficient (Wildman–Crippen LogP) is 3.54. The molecule has 1 fully saturated rings. The molecule has 5 nitrogen and oxygen atoms in total. The van der Waals surface area contributed by atoms with Gasteiger partial charge in [-0.3, -0.25) is 14.7 Å². The van der Waals surface area contributed by atoms with Gasteiger partial charge in [0.15, 0.2) is 5.78 Å². The molecule has 27 heavy (non-hydrogen) atoms. The second-order valence-electron chi connectivity index (χ2n) is 7.66. The summed E-state index contributed by atoms with van der Waals surface area (Å²) in [5, 5.41) is 2.20. The van der Waals surface area contributed by atoms with Gasteiger partial charge in [-0.25, -0.2) is 4.98 Å². The molecule has 1 aliphatic heterocycles. The maximum absolute atomic E-state index is 12.5. The Morgan fingerprint density at radius 3 is 2.74 bits per heavy atom. The molecule has 0 unspecified atom stereocenters. The minimum Gasteiger partial charge on any atom is -0.331 e. The van der Waals surface area contributed by atoms with Crippen LogP contribution < -0.4 is 0 Å². The van der Waals surface area contributed by atoms with Crippen molar-refractivity contribution in [2.75, 3.05) is 13.1 Å². The summed E-state index contributed by atoms with van der Waals surface area (Å²) in [4.78, 5) is 23.7. The molecule has 0 bridgehead atoms. The summed E-state index contributed by atoms with van der Waals surface area (Å²) < 4.78 is 2.09. The van der Waals surface area contributed by atoms with E-state index in [1.807, 2.05) is 32.4 Å². The van der Waals surface area contributed by atoms with Crippen LogP contribution in [0.5, 0.6) is 0 Å². The minimum atomic E-state index is 0.244. The van der Waals surface area contributed by atoms with E-state index in [1.165, 1.54) is 12.8 Å². The summed E-state index contributed by atoms with van der Waals surface area (Å²) in [5.41, 5.74) is 3.06. The van der Waals surface area contributed by atoms with E-state index in [0.29, 0.717) is 19.0 Å². The zero-order valence-corrected chi connectivity index (χ0v) is 16.3. The fraction of sp³-hybridized carbons (Fsp3) is 0.409. The van der Waals surface area contributed by atoms with Crippen molar-refractivity contribution in [3.63, 3.8) is 0 Å². The first-order chi connectivity index (χ1) is 13.0. The van der Waals surface area contributed by atoms with Gasteiger partial charge in [0.2, 0.25) is 0 Å². The van der Waals surface area contributed by atoms with E-state index < -0.39 is 0 Å². The topological polar surface area (TPSA) is 51.0 Å². The van der Waals surface area contributed by atoms with Crippen molar-refractivity contribution in [1.82, 2.24) is 19.4 Å². The normalized spacial score (nSPS) is 17.7. The third kappa shape index (κ3) is 3.65. The van der Waals surface area contributed by atoms with Crippen molar-refractivity contribution in [3.8, 4) is 11.3 Å². The first-order valence-corrected chi connectivity index (χ1v) is 9.64. The Hall–Kier alpha value is -2.53. The van der Waals surface area contributed by atoms with Gasteiger partial charge in [-0.15, -0.1) is 0 Å². The summed E-state index contributed by atoms with van der Waals surface area (Å²) >= 11 is 0. The van der Waals surface area contributed by atoms with Crippen LogP contribution in [0.4, 0.5) is 0 Å². The molecule has 0 saturated carbocycles. The summed E-state index contributed by atoms with van der Waals surface area (Å²) in [6, 6.07) is 8.90. The molecular weight excluding hydrogens is 336 g/mol. The van der Waals surface area contributed by atoms with E-state index in [4.69, 9.17) is 0 Å². The lowest BCUT2D eigenvalue weighted by atomic mass is 10.0. The van der Waals surface area contributed by atoms with Gasteiger partial charge in [-0.05, 0) is 50.8 Å². The number of fused-ring (bicyclic) bond motifs is 1. The molecule has 0 aliphatic carbocycles. The number of nitrogens with zero attached hydrogens (tertiary/aromatic N) is 4. The largest absolute Gasteiger partial charge is 0.331 e. The number of likely N-dealkylation sites (tertiary alicyclic amines) is 1. The average Bonchev–Trinajstić information content (AvgIpc) is 3.20. The molecule has 0 N–H and O–H groups in total. The quantitative estimate of drug-likeness (QED) is 0.697. The average molecular weight is 362 g/mol. The SMILES string of the molecule is Cc1ncc(-c2ccc3cnc(CC(=O)CN4CCC[C@@H]4C)cc3c2)n1C. The number of aryl methyl sites for hydroxylation is 1. The standard InChI is InChI=1S/C22H26N4O/c1-15-5-4-8-26(15)14-21(27)11-20-10-19-9-17(6-7-18(19)12-24-20)22-13-23-16(2)25(22)3/h6-7,9-10,12-13,15H,4-5,8,11,14H2,1-3H3/t15-/m0/s1. The van der Waals surface area contributed by atoms with Crippen molar-refractivity contribution in [3.05, 3.63) is 48.2 Å². The summed E-state index contributed by atoms with van der Waals surface area (Å²) in [5.74, 6) is 1.23. The molecule has 5 heteroatoms. The number of imidazole rings is 1. The molecule has 1 saturated heterocycles. The van der Waals surface area contributed by atoms with E-state index in [0.717, 1.165) is 40.1 Å². The van der Waals surface area contributed by atoms with Crippen molar-refractivity contribution < 1.29 is 4.79 Å². The van der Waals surface area contributed by atoms with Crippen molar-refractivity contribution >= 4 is 16.6 Å². The number of pyridine rings is 1. The number of rotatable bonds is 5. The van der Waals surface area contributed by atoms with Crippen molar-refractivity contribution in [2.45, 2.75) is 39.2 Å². The Morgan fingerprint density at radius 2 is 2.04 bits per heavy atom. The number of Topliss-reactive ketones (excluding diaryl/α,β-unsaturated/α-hetero) is 1. The van der Waals surface area contributed by atoms with Crippen LogP contribution >= 0.6 is 0 Å². The number of carbonyl (C=O) groups excluding carboxylic acids is 1. The number of benzene rings is 1. The molecule has 2 aromatic heterocycles. The molecule has 1 aliphatic rings. The molecule has 140 valence electrons. The predicted molar refractivity (Wildman–Crippen MR) is 108 cm³/mol. The van der Waals surface area contributed by atoms with Crippen LogP contribution in [0, 0.1) is 6.92 Å². The van der Waals surface area contributed by atoms with Gasteiger partial charge >= 0.3 is 0 Å². The Balaban J connectivity index is 1.55. The van der Waals surface area contributed by atoms with Gasteiger partial charge in [-0.1, -0.05) is 12.1 Å². The summed E-state index contributed by atoms with van der Waals surface area (Å²) in [6.45, 7) is 5.77. The van der Waals surface area contributed by atoms with Crippen LogP contribution in [-0.4, -0.2) is 44.3 Å². The fourth-order valence-corrected chi connectivity index (χ4v) is 3.92. The fourth-order valence-electron chi connectivity index (χ4n) is 3.92. The lowest BCUT2D eigenvalue weighted by molar-refractivity contribution is -0.119. The highest BCUT2D eigenvalue weighted by atomic mass is 16.1. The number of hydrogen-bond acceptors (Lipinski definition) is 4. The maximum atomic E-state index is 12.5. The van der Waals surface area contributed by atoms with Crippen LogP contribution in [0.25, 0.3) is 22.0 Å². The number of aromatic nitrogens is 3. The maximum Gasteiger partial charge on any atom is 0.152 e. The highest BCUT2D eigenvalue weighted by Gasteiger charge is 2.22. The summed E-state index contributed by atoms with van der Waals surface area (Å²) in [6.07, 6.45) is 6.55. The molecule has 3 heterocycles. The lowest BCUT2D eigenvalue weighted by Gasteiger charge is -2.19. The molecule has 0 amide bonds. The summed E-state index contributed by atoms with van der Waals surface area (Å²) in [7, 11) is 2.03. The van der Waals surface area contributed by atoms with E-state index in [9.17, 15) is 4.79 Å². The third-order valence-corrected chi connectivity index (χ3v) is 5.74. The van der Waals surface area contributed by atoms with Crippen LogP contribution in [0.1, 0.15) is 31.3 Å². The molecule has 1 aromatic carbocycles. The van der Waals surface area contributed by atoms with Crippen LogP contribution in [0.3, 0.4) is 0 Å². The highest BCUT2D eigenvalue weighted by molar-refractivity contribution is 5.88. The van der Waals surface area contributed by atoms with Crippen molar-refractivity contribution in [1.29, 1.82) is 0 Å². The van der Waals surface area contributed by atoms with Crippen LogP contribution in [-0.2, 0) is 18.3 Å². The van der Waals surface area contributed by atoms with Gasteiger partial charge in [0.05, 0.1) is 24.9 Å². The molecular formula is C22H26N4O. The van der Waals surface area contributed by atoms with E-state index in [2.05, 4.69) is 44.6 Å². The minimum absolute atomic E-state index is 0.244. The van der Waals surface area contributed by atoms with Crippen LogP contribution in [0.15, 0.2) is 36.7 Å². The monoisotopic (exact) mass is 362 g/mol. The van der Waals surface area contributed by atoms with E-state index >= 15 is 0 Å². The number of hydrogen-bond donors (Lipinski definition) is 0. The highest BCUT2D eigenvalue weighted by Crippen LogP contribution is 2.25. The van der Waals surface area contributed by atoms with Gasteiger partial charge in [0.1, 0.15) is 5.82 Å². The Labute approximate surface area is 160 Å². The number of ketones is 1. The Kier molecular flexibility index (Phi) is 4.79. The second-order valence-corrected chi connectivity index (χ2v) is 7.66. The second kappa shape index (κ2) is 7.24. The molecule has 0 spiro atoms. The molecule has 0 radical (unpaired) electrons. The van der Waals surface area contributed by atoms with Gasteiger partial charge in [-0.2, -0.15) is 0 Å². The Bertz CT molecular complexity index is 991. The zero-order valence-electron chi connectivity index (χ0n) is 16.3. The van der Waals surface area contributed by atoms with Crippen LogP contribution in [0.2, 0.25) is 0 Å². The smallest absolute Gasteiger partial charge is 0.152 e. The van der Waals surface area contributed by atoms with E-state index in [-0.39, 0.29) is 5.78 Å². The first-order valence-electron chi connectivity index (χ1n) is 9.64. The third-order valence-electron chi connectivity index (χ3n) is 5.74. The molecule has 1 atom stereocenters. The lowest BCUT2D eigenvalue weighted by Crippen LogP contribution is -2.33. The van der Waals surface area contributed by atoms with Crippen molar-refractivity contribution in [2.24, 2.45) is 7.05 Å².